The molecule has 2 aliphatic rings. The van der Waals surface area contributed by atoms with Crippen molar-refractivity contribution in [3.05, 3.63) is 48.0 Å². The van der Waals surface area contributed by atoms with Gasteiger partial charge in [-0.05, 0) is 61.9 Å². The Morgan fingerprint density at radius 1 is 0.909 bits per heavy atom. The van der Waals surface area contributed by atoms with Crippen LogP contribution in [0, 0.1) is 0 Å². The van der Waals surface area contributed by atoms with Gasteiger partial charge in [0.15, 0.2) is 0 Å². The molecule has 1 atom stereocenters. The molecule has 1 aliphatic heterocycles. The van der Waals surface area contributed by atoms with E-state index in [0.717, 1.165) is 11.6 Å². The molecule has 1 saturated heterocycles. The van der Waals surface area contributed by atoms with Gasteiger partial charge < -0.3 is 4.90 Å². The van der Waals surface area contributed by atoms with Crippen molar-refractivity contribution < 1.29 is 0 Å². The number of benzene rings is 1. The van der Waals surface area contributed by atoms with Crippen LogP contribution in [0.3, 0.4) is 0 Å². The van der Waals surface area contributed by atoms with Crippen molar-refractivity contribution in [3.8, 4) is 11.1 Å². The van der Waals surface area contributed by atoms with E-state index in [1.54, 1.807) is 11.9 Å². The molecule has 2 heterocycles. The fourth-order valence-electron chi connectivity index (χ4n) is 3.96. The summed E-state index contributed by atoms with van der Waals surface area (Å²) in [7, 11) is 0. The Labute approximate surface area is 132 Å². The van der Waals surface area contributed by atoms with Gasteiger partial charge in [0.1, 0.15) is 6.33 Å². The number of likely N-dealkylation sites (tertiary alicyclic amines) is 1. The van der Waals surface area contributed by atoms with Gasteiger partial charge >= 0.3 is 0 Å². The first kappa shape index (κ1) is 13.9. The summed E-state index contributed by atoms with van der Waals surface area (Å²) in [6.07, 6.45) is 13.3. The van der Waals surface area contributed by atoms with E-state index in [4.69, 9.17) is 0 Å². The minimum absolute atomic E-state index is 0.763. The lowest BCUT2D eigenvalue weighted by Gasteiger charge is -2.37. The molecule has 0 radical (unpaired) electrons. The third-order valence-corrected chi connectivity index (χ3v) is 5.21. The normalized spacial score (nSPS) is 22.3. The number of fused-ring (bicyclic) bond motifs is 1. The lowest BCUT2D eigenvalue weighted by Crippen LogP contribution is -2.42. The Kier molecular flexibility index (Phi) is 3.90. The number of hydrogen-bond acceptors (Lipinski definition) is 3. The van der Waals surface area contributed by atoms with Crippen molar-refractivity contribution in [1.29, 1.82) is 0 Å². The molecule has 22 heavy (non-hydrogen) atoms. The molecule has 1 unspecified atom stereocenters. The SMILES string of the molecule is c1ncc(-c2ccc3c(c2)CCC(N2CCCCC2)C3)cn1. The van der Waals surface area contributed by atoms with E-state index in [1.807, 2.05) is 12.4 Å². The van der Waals surface area contributed by atoms with Crippen molar-refractivity contribution in [3.63, 3.8) is 0 Å². The van der Waals surface area contributed by atoms with Crippen molar-refractivity contribution in [1.82, 2.24) is 14.9 Å². The van der Waals surface area contributed by atoms with Gasteiger partial charge in [0.2, 0.25) is 0 Å². The maximum Gasteiger partial charge on any atom is 0.115 e. The number of nitrogens with zero attached hydrogens (tertiary/aromatic N) is 3. The molecule has 1 aliphatic carbocycles. The van der Waals surface area contributed by atoms with Crippen LogP contribution in [0.2, 0.25) is 0 Å². The largest absolute Gasteiger partial charge is 0.300 e. The minimum atomic E-state index is 0.763. The maximum atomic E-state index is 4.13. The summed E-state index contributed by atoms with van der Waals surface area (Å²) in [4.78, 5) is 11.0. The Balaban J connectivity index is 1.54. The zero-order valence-corrected chi connectivity index (χ0v) is 13.0. The Morgan fingerprint density at radius 3 is 2.55 bits per heavy atom. The van der Waals surface area contributed by atoms with E-state index in [9.17, 15) is 0 Å². The molecule has 4 rings (SSSR count). The van der Waals surface area contributed by atoms with Crippen molar-refractivity contribution in [2.45, 2.75) is 44.6 Å². The first-order chi connectivity index (χ1) is 10.9. The van der Waals surface area contributed by atoms with Crippen LogP contribution in [0.25, 0.3) is 11.1 Å². The molecule has 0 saturated carbocycles. The van der Waals surface area contributed by atoms with Gasteiger partial charge in [-0.3, -0.25) is 0 Å². The van der Waals surface area contributed by atoms with Crippen LogP contribution in [0.1, 0.15) is 36.8 Å². The van der Waals surface area contributed by atoms with Gasteiger partial charge in [-0.1, -0.05) is 24.6 Å². The smallest absolute Gasteiger partial charge is 0.115 e. The highest BCUT2D eigenvalue weighted by atomic mass is 15.2. The Bertz CT molecular complexity index is 632. The van der Waals surface area contributed by atoms with Gasteiger partial charge in [-0.25, -0.2) is 9.97 Å². The highest BCUT2D eigenvalue weighted by Gasteiger charge is 2.25. The molecule has 3 heteroatoms. The molecular weight excluding hydrogens is 270 g/mol. The van der Waals surface area contributed by atoms with Crippen molar-refractivity contribution in [2.24, 2.45) is 0 Å². The van der Waals surface area contributed by atoms with E-state index in [0.29, 0.717) is 0 Å². The highest BCUT2D eigenvalue weighted by molar-refractivity contribution is 5.63. The number of piperidine rings is 1. The van der Waals surface area contributed by atoms with E-state index in [1.165, 1.54) is 62.7 Å². The van der Waals surface area contributed by atoms with E-state index >= 15 is 0 Å². The molecule has 0 bridgehead atoms. The van der Waals surface area contributed by atoms with Crippen LogP contribution >= 0.6 is 0 Å². The van der Waals surface area contributed by atoms with E-state index in [2.05, 4.69) is 33.1 Å². The van der Waals surface area contributed by atoms with Gasteiger partial charge in [-0.2, -0.15) is 0 Å². The lowest BCUT2D eigenvalue weighted by molar-refractivity contribution is 0.150. The van der Waals surface area contributed by atoms with E-state index in [-0.39, 0.29) is 0 Å². The average molecular weight is 293 g/mol. The third kappa shape index (κ3) is 2.78. The van der Waals surface area contributed by atoms with Crippen LogP contribution in [-0.2, 0) is 12.8 Å². The van der Waals surface area contributed by atoms with Crippen LogP contribution in [0.4, 0.5) is 0 Å². The number of rotatable bonds is 2. The summed E-state index contributed by atoms with van der Waals surface area (Å²) in [5.74, 6) is 0. The number of aryl methyl sites for hydroxylation is 1. The first-order valence-corrected chi connectivity index (χ1v) is 8.51. The second-order valence-corrected chi connectivity index (χ2v) is 6.60. The molecule has 1 fully saturated rings. The predicted molar refractivity (Wildman–Crippen MR) is 88.7 cm³/mol. The number of aromatic nitrogens is 2. The zero-order chi connectivity index (χ0) is 14.8. The number of hydrogen-bond donors (Lipinski definition) is 0. The summed E-state index contributed by atoms with van der Waals surface area (Å²) < 4.78 is 0. The van der Waals surface area contributed by atoms with Crippen LogP contribution in [-0.4, -0.2) is 34.0 Å². The monoisotopic (exact) mass is 293 g/mol. The van der Waals surface area contributed by atoms with Gasteiger partial charge in [0.25, 0.3) is 0 Å². The quantitative estimate of drug-likeness (QED) is 0.849. The maximum absolute atomic E-state index is 4.13. The predicted octanol–water partition coefficient (Wildman–Crippen LogP) is 3.49. The molecule has 0 spiro atoms. The van der Waals surface area contributed by atoms with E-state index < -0.39 is 0 Å². The van der Waals surface area contributed by atoms with Crippen LogP contribution in [0.15, 0.2) is 36.9 Å². The molecule has 1 aromatic heterocycles. The summed E-state index contributed by atoms with van der Waals surface area (Å²) in [5, 5.41) is 0. The molecule has 3 nitrogen and oxygen atoms in total. The highest BCUT2D eigenvalue weighted by Crippen LogP contribution is 2.29. The van der Waals surface area contributed by atoms with Gasteiger partial charge in [0, 0.05) is 24.0 Å². The standard InChI is InChI=1S/C19H23N3/c1-2-8-22(9-3-1)19-7-6-15-10-16(4-5-17(15)11-19)18-12-20-14-21-13-18/h4-5,10,12-14,19H,1-3,6-9,11H2. The third-order valence-electron chi connectivity index (χ3n) is 5.21. The summed E-state index contributed by atoms with van der Waals surface area (Å²) in [6, 6.07) is 7.67. The Morgan fingerprint density at radius 2 is 1.73 bits per heavy atom. The lowest BCUT2D eigenvalue weighted by atomic mass is 9.85. The summed E-state index contributed by atoms with van der Waals surface area (Å²) in [6.45, 7) is 2.61. The molecule has 1 aromatic carbocycles. The second kappa shape index (κ2) is 6.17. The average Bonchev–Trinajstić information content (AvgIpc) is 2.62. The topological polar surface area (TPSA) is 29.0 Å². The molecule has 114 valence electrons. The molecule has 0 amide bonds. The van der Waals surface area contributed by atoms with Crippen LogP contribution < -0.4 is 0 Å². The van der Waals surface area contributed by atoms with Gasteiger partial charge in [0.05, 0.1) is 0 Å². The first-order valence-electron chi connectivity index (χ1n) is 8.51. The Hall–Kier alpha value is -1.74. The molecule has 2 aromatic rings. The molecule has 0 N–H and O–H groups in total. The van der Waals surface area contributed by atoms with Gasteiger partial charge in [-0.15, -0.1) is 0 Å². The zero-order valence-electron chi connectivity index (χ0n) is 13.0. The fourth-order valence-corrected chi connectivity index (χ4v) is 3.96. The second-order valence-electron chi connectivity index (χ2n) is 6.60. The van der Waals surface area contributed by atoms with Crippen molar-refractivity contribution in [2.75, 3.05) is 13.1 Å². The fraction of sp³-hybridized carbons (Fsp3) is 0.474. The summed E-state index contributed by atoms with van der Waals surface area (Å²) in [5.41, 5.74) is 5.43. The summed E-state index contributed by atoms with van der Waals surface area (Å²) >= 11 is 0. The molecular formula is C19H23N3. The van der Waals surface area contributed by atoms with Crippen molar-refractivity contribution >= 4 is 0 Å². The van der Waals surface area contributed by atoms with Crippen LogP contribution in [0.5, 0.6) is 0 Å². The minimum Gasteiger partial charge on any atom is -0.300 e.